The van der Waals surface area contributed by atoms with Gasteiger partial charge in [-0.3, -0.25) is 19.7 Å². The fourth-order valence-electron chi connectivity index (χ4n) is 2.87. The first-order chi connectivity index (χ1) is 12.3. The van der Waals surface area contributed by atoms with Gasteiger partial charge in [-0.1, -0.05) is 17.7 Å². The highest BCUT2D eigenvalue weighted by molar-refractivity contribution is 6.30. The van der Waals surface area contributed by atoms with Crippen LogP contribution < -0.4 is 10.2 Å². The highest BCUT2D eigenvalue weighted by Gasteiger charge is 2.35. The van der Waals surface area contributed by atoms with Crippen LogP contribution in [0.4, 0.5) is 17.1 Å². The van der Waals surface area contributed by atoms with E-state index in [-0.39, 0.29) is 30.5 Å². The van der Waals surface area contributed by atoms with Crippen LogP contribution in [-0.2, 0) is 9.59 Å². The number of aryl methyl sites for hydroxylation is 1. The Labute approximate surface area is 154 Å². The van der Waals surface area contributed by atoms with Crippen LogP contribution in [0.25, 0.3) is 0 Å². The summed E-state index contributed by atoms with van der Waals surface area (Å²) in [4.78, 5) is 36.8. The Morgan fingerprint density at radius 2 is 1.96 bits per heavy atom. The molecule has 1 aliphatic rings. The maximum atomic E-state index is 12.4. The third-order valence-electron chi connectivity index (χ3n) is 4.31. The van der Waals surface area contributed by atoms with Gasteiger partial charge in [-0.15, -0.1) is 0 Å². The molecule has 1 atom stereocenters. The van der Waals surface area contributed by atoms with E-state index in [1.807, 2.05) is 0 Å². The van der Waals surface area contributed by atoms with E-state index >= 15 is 0 Å². The SMILES string of the molecule is Cc1ccc(N2C[C@@H](C(=O)Nc3ccc(Cl)cc3)CC2=O)cc1[N+](=O)[O-]. The zero-order chi connectivity index (χ0) is 18.8. The fourth-order valence-corrected chi connectivity index (χ4v) is 3.00. The Kier molecular flexibility index (Phi) is 4.90. The first-order valence-corrected chi connectivity index (χ1v) is 8.35. The second-order valence-electron chi connectivity index (χ2n) is 6.13. The molecule has 2 amide bonds. The van der Waals surface area contributed by atoms with Crippen molar-refractivity contribution >= 4 is 40.5 Å². The minimum absolute atomic E-state index is 0.0515. The van der Waals surface area contributed by atoms with Gasteiger partial charge in [0.15, 0.2) is 0 Å². The van der Waals surface area contributed by atoms with Crippen molar-refractivity contribution in [3.8, 4) is 0 Å². The molecule has 26 heavy (non-hydrogen) atoms. The predicted molar refractivity (Wildman–Crippen MR) is 98.4 cm³/mol. The maximum Gasteiger partial charge on any atom is 0.274 e. The van der Waals surface area contributed by atoms with E-state index in [4.69, 9.17) is 11.6 Å². The van der Waals surface area contributed by atoms with Gasteiger partial charge in [-0.2, -0.15) is 0 Å². The van der Waals surface area contributed by atoms with Crippen LogP contribution in [0, 0.1) is 23.0 Å². The van der Waals surface area contributed by atoms with Gasteiger partial charge in [0.1, 0.15) is 0 Å². The molecule has 0 unspecified atom stereocenters. The van der Waals surface area contributed by atoms with Crippen LogP contribution in [0.15, 0.2) is 42.5 Å². The quantitative estimate of drug-likeness (QED) is 0.655. The molecule has 1 N–H and O–H groups in total. The molecule has 0 aliphatic carbocycles. The van der Waals surface area contributed by atoms with Gasteiger partial charge < -0.3 is 10.2 Å². The standard InChI is InChI=1S/C18H16ClN3O4/c1-11-2-7-15(9-16(11)22(25)26)21-10-12(8-17(21)23)18(24)20-14-5-3-13(19)4-6-14/h2-7,9,12H,8,10H2,1H3,(H,20,24)/t12-/m0/s1. The summed E-state index contributed by atoms with van der Waals surface area (Å²) < 4.78 is 0. The summed E-state index contributed by atoms with van der Waals surface area (Å²) in [7, 11) is 0. The number of carbonyl (C=O) groups excluding carboxylic acids is 2. The van der Waals surface area contributed by atoms with E-state index in [0.29, 0.717) is 22.0 Å². The van der Waals surface area contributed by atoms with E-state index in [2.05, 4.69) is 5.32 Å². The van der Waals surface area contributed by atoms with Crippen molar-refractivity contribution in [1.82, 2.24) is 0 Å². The minimum atomic E-state index is -0.529. The van der Waals surface area contributed by atoms with Crippen LogP contribution in [0.2, 0.25) is 5.02 Å². The summed E-state index contributed by atoms with van der Waals surface area (Å²) in [6, 6.07) is 11.3. The van der Waals surface area contributed by atoms with Gasteiger partial charge in [-0.05, 0) is 37.3 Å². The third-order valence-corrected chi connectivity index (χ3v) is 4.56. The molecule has 1 aliphatic heterocycles. The Morgan fingerprint density at radius 3 is 2.62 bits per heavy atom. The summed E-state index contributed by atoms with van der Waals surface area (Å²) >= 11 is 5.82. The summed E-state index contributed by atoms with van der Waals surface area (Å²) in [5.74, 6) is -1.04. The molecule has 0 aromatic heterocycles. The number of nitro benzene ring substituents is 1. The van der Waals surface area contributed by atoms with Gasteiger partial charge in [0.2, 0.25) is 11.8 Å². The van der Waals surface area contributed by atoms with E-state index in [1.54, 1.807) is 43.3 Å². The number of anilines is 2. The third kappa shape index (κ3) is 3.67. The number of carbonyl (C=O) groups is 2. The average molecular weight is 374 g/mol. The molecular weight excluding hydrogens is 358 g/mol. The highest BCUT2D eigenvalue weighted by atomic mass is 35.5. The van der Waals surface area contributed by atoms with E-state index in [1.165, 1.54) is 11.0 Å². The van der Waals surface area contributed by atoms with Gasteiger partial charge >= 0.3 is 0 Å². The lowest BCUT2D eigenvalue weighted by atomic mass is 10.1. The lowest BCUT2D eigenvalue weighted by Crippen LogP contribution is -2.28. The van der Waals surface area contributed by atoms with Crippen LogP contribution in [0.1, 0.15) is 12.0 Å². The molecule has 0 saturated carbocycles. The molecule has 7 nitrogen and oxygen atoms in total. The van der Waals surface area contributed by atoms with Crippen molar-refractivity contribution < 1.29 is 14.5 Å². The second kappa shape index (κ2) is 7.13. The number of rotatable bonds is 4. The molecule has 0 spiro atoms. The van der Waals surface area contributed by atoms with Crippen LogP contribution in [0.5, 0.6) is 0 Å². The molecule has 0 radical (unpaired) electrons. The zero-order valence-electron chi connectivity index (χ0n) is 13.9. The van der Waals surface area contributed by atoms with Gasteiger partial charge in [0.05, 0.1) is 16.5 Å². The van der Waals surface area contributed by atoms with Crippen molar-refractivity contribution in [1.29, 1.82) is 0 Å². The average Bonchev–Trinajstić information content (AvgIpc) is 2.99. The molecule has 0 bridgehead atoms. The normalized spacial score (nSPS) is 16.6. The van der Waals surface area contributed by atoms with Crippen molar-refractivity contribution in [2.45, 2.75) is 13.3 Å². The monoisotopic (exact) mass is 373 g/mol. The van der Waals surface area contributed by atoms with Crippen LogP contribution in [-0.4, -0.2) is 23.3 Å². The maximum absolute atomic E-state index is 12.4. The fraction of sp³-hybridized carbons (Fsp3) is 0.222. The Morgan fingerprint density at radius 1 is 1.27 bits per heavy atom. The molecule has 2 aromatic carbocycles. The molecule has 134 valence electrons. The van der Waals surface area contributed by atoms with Gasteiger partial charge in [0.25, 0.3) is 5.69 Å². The summed E-state index contributed by atoms with van der Waals surface area (Å²) in [6.07, 6.45) is 0.0566. The highest BCUT2D eigenvalue weighted by Crippen LogP contribution is 2.30. The second-order valence-corrected chi connectivity index (χ2v) is 6.57. The number of nitrogens with zero attached hydrogens (tertiary/aromatic N) is 2. The van der Waals surface area contributed by atoms with Gasteiger partial charge in [-0.25, -0.2) is 0 Å². The van der Waals surface area contributed by atoms with E-state index < -0.39 is 10.8 Å². The number of nitro groups is 1. The van der Waals surface area contributed by atoms with Crippen molar-refractivity contribution in [2.75, 3.05) is 16.8 Å². The molecule has 8 heteroatoms. The molecule has 3 rings (SSSR count). The van der Waals surface area contributed by atoms with Crippen LogP contribution >= 0.6 is 11.6 Å². The van der Waals surface area contributed by atoms with E-state index in [0.717, 1.165) is 0 Å². The molecule has 1 heterocycles. The number of benzene rings is 2. The Bertz CT molecular complexity index is 883. The molecule has 1 saturated heterocycles. The smallest absolute Gasteiger partial charge is 0.274 e. The molecule has 1 fully saturated rings. The largest absolute Gasteiger partial charge is 0.326 e. The van der Waals surface area contributed by atoms with Gasteiger partial charge in [0, 0.05) is 35.3 Å². The summed E-state index contributed by atoms with van der Waals surface area (Å²) in [5, 5.41) is 14.4. The predicted octanol–water partition coefficient (Wildman–Crippen LogP) is 3.55. The summed E-state index contributed by atoms with van der Waals surface area (Å²) in [6.45, 7) is 1.81. The first-order valence-electron chi connectivity index (χ1n) is 7.97. The Hall–Kier alpha value is -2.93. The van der Waals surface area contributed by atoms with Crippen molar-refractivity contribution in [2.24, 2.45) is 5.92 Å². The lowest BCUT2D eigenvalue weighted by Gasteiger charge is -2.17. The zero-order valence-corrected chi connectivity index (χ0v) is 14.7. The molecule has 2 aromatic rings. The topological polar surface area (TPSA) is 92.6 Å². The van der Waals surface area contributed by atoms with Crippen LogP contribution in [0.3, 0.4) is 0 Å². The Balaban J connectivity index is 1.74. The number of nitrogens with one attached hydrogen (secondary N) is 1. The van der Waals surface area contributed by atoms with Crippen molar-refractivity contribution in [3.63, 3.8) is 0 Å². The number of hydrogen-bond acceptors (Lipinski definition) is 4. The lowest BCUT2D eigenvalue weighted by molar-refractivity contribution is -0.385. The summed E-state index contributed by atoms with van der Waals surface area (Å²) in [5.41, 5.74) is 1.48. The number of amides is 2. The number of hydrogen-bond donors (Lipinski definition) is 1. The molecular formula is C18H16ClN3O4. The first kappa shape index (κ1) is 17.9. The van der Waals surface area contributed by atoms with Crippen molar-refractivity contribution in [3.05, 3.63) is 63.2 Å². The number of halogens is 1. The van der Waals surface area contributed by atoms with E-state index in [9.17, 15) is 19.7 Å². The minimum Gasteiger partial charge on any atom is -0.326 e.